The first-order chi connectivity index (χ1) is 12.1. The highest BCUT2D eigenvalue weighted by Gasteiger charge is 2.46. The summed E-state index contributed by atoms with van der Waals surface area (Å²) in [4.78, 5) is 37.8. The van der Waals surface area contributed by atoms with Gasteiger partial charge in [0.2, 0.25) is 5.91 Å². The third-order valence-corrected chi connectivity index (χ3v) is 5.12. The van der Waals surface area contributed by atoms with Gasteiger partial charge in [0.1, 0.15) is 12.6 Å². The van der Waals surface area contributed by atoms with Gasteiger partial charge >= 0.3 is 0 Å². The van der Waals surface area contributed by atoms with Crippen LogP contribution in [0.15, 0.2) is 28.7 Å². The van der Waals surface area contributed by atoms with Crippen molar-refractivity contribution < 1.29 is 19.1 Å². The highest BCUT2D eigenvalue weighted by molar-refractivity contribution is 9.10. The van der Waals surface area contributed by atoms with E-state index in [0.29, 0.717) is 31.5 Å². The second-order valence-electron chi connectivity index (χ2n) is 6.36. The Labute approximate surface area is 155 Å². The monoisotopic (exact) mass is 408 g/mol. The van der Waals surface area contributed by atoms with Crippen molar-refractivity contribution in [1.29, 1.82) is 0 Å². The smallest absolute Gasteiger partial charge is 0.251 e. The molecule has 2 unspecified atom stereocenters. The van der Waals surface area contributed by atoms with Gasteiger partial charge in [-0.15, -0.1) is 0 Å². The lowest BCUT2D eigenvalue weighted by Gasteiger charge is -2.21. The topological polar surface area (TPSA) is 75.7 Å². The Balaban J connectivity index is 1.37. The zero-order valence-corrected chi connectivity index (χ0v) is 15.5. The van der Waals surface area contributed by atoms with Crippen LogP contribution in [0.5, 0.6) is 0 Å². The molecule has 2 heterocycles. The second-order valence-corrected chi connectivity index (χ2v) is 7.28. The number of ketones is 1. The molecule has 0 spiro atoms. The molecule has 2 aliphatic rings. The quantitative estimate of drug-likeness (QED) is 0.729. The van der Waals surface area contributed by atoms with Gasteiger partial charge in [0.15, 0.2) is 5.78 Å². The van der Waals surface area contributed by atoms with E-state index in [9.17, 15) is 14.4 Å². The van der Waals surface area contributed by atoms with Crippen LogP contribution in [0.2, 0.25) is 0 Å². The number of nitrogens with one attached hydrogen (secondary N) is 1. The largest absolute Gasteiger partial charge is 0.368 e. The predicted molar refractivity (Wildman–Crippen MR) is 95.2 cm³/mol. The zero-order valence-electron chi connectivity index (χ0n) is 13.9. The lowest BCUT2D eigenvalue weighted by molar-refractivity contribution is -0.136. The lowest BCUT2D eigenvalue weighted by Crippen LogP contribution is -2.41. The van der Waals surface area contributed by atoms with Crippen LogP contribution in [0.3, 0.4) is 0 Å². The van der Waals surface area contributed by atoms with Gasteiger partial charge in [0, 0.05) is 29.5 Å². The van der Waals surface area contributed by atoms with Crippen LogP contribution in [0, 0.1) is 0 Å². The number of carbonyl (C=O) groups is 3. The number of hydrogen-bond acceptors (Lipinski definition) is 4. The van der Waals surface area contributed by atoms with Gasteiger partial charge in [-0.2, -0.15) is 0 Å². The second kappa shape index (κ2) is 8.10. The van der Waals surface area contributed by atoms with Crippen molar-refractivity contribution in [2.24, 2.45) is 0 Å². The van der Waals surface area contributed by atoms with Gasteiger partial charge in [-0.3, -0.25) is 14.4 Å². The fourth-order valence-corrected chi connectivity index (χ4v) is 3.75. The number of amides is 2. The zero-order chi connectivity index (χ0) is 17.8. The standard InChI is InChI=1S/C18H21BrN2O4/c19-13-5-3-4-12(10-13)18(24)20-8-2-1-6-16(23)21-9-7-15-17(21)14(22)11-25-15/h3-5,10,15,17H,1-2,6-9,11H2,(H,20,24). The first-order valence-electron chi connectivity index (χ1n) is 8.54. The summed E-state index contributed by atoms with van der Waals surface area (Å²) in [6, 6.07) is 6.83. The summed E-state index contributed by atoms with van der Waals surface area (Å²) in [5.41, 5.74) is 0.605. The van der Waals surface area contributed by atoms with Crippen molar-refractivity contribution in [3.63, 3.8) is 0 Å². The molecule has 2 saturated heterocycles. The van der Waals surface area contributed by atoms with Crippen LogP contribution in [0.25, 0.3) is 0 Å². The number of unbranched alkanes of at least 4 members (excludes halogenated alkanes) is 1. The van der Waals surface area contributed by atoms with Gasteiger partial charge in [-0.1, -0.05) is 22.0 Å². The number of ether oxygens (including phenoxy) is 1. The van der Waals surface area contributed by atoms with E-state index in [2.05, 4.69) is 21.2 Å². The number of halogens is 1. The van der Waals surface area contributed by atoms with Crippen LogP contribution in [0.1, 0.15) is 36.0 Å². The van der Waals surface area contributed by atoms with Crippen LogP contribution < -0.4 is 5.32 Å². The molecule has 1 N–H and O–H groups in total. The molecule has 134 valence electrons. The summed E-state index contributed by atoms with van der Waals surface area (Å²) in [5, 5.41) is 2.85. The van der Waals surface area contributed by atoms with Gasteiger partial charge in [0.25, 0.3) is 5.91 Å². The molecule has 0 radical (unpaired) electrons. The summed E-state index contributed by atoms with van der Waals surface area (Å²) < 4.78 is 6.26. The van der Waals surface area contributed by atoms with Crippen LogP contribution in [0.4, 0.5) is 0 Å². The molecule has 7 heteroatoms. The summed E-state index contributed by atoms with van der Waals surface area (Å²) in [7, 11) is 0. The molecule has 6 nitrogen and oxygen atoms in total. The Kier molecular flexibility index (Phi) is 5.86. The van der Waals surface area contributed by atoms with E-state index >= 15 is 0 Å². The normalized spacial score (nSPS) is 22.1. The maximum atomic E-state index is 12.3. The number of nitrogens with zero attached hydrogens (tertiary/aromatic N) is 1. The predicted octanol–water partition coefficient (Wildman–Crippen LogP) is 1.92. The summed E-state index contributed by atoms with van der Waals surface area (Å²) in [5.74, 6) is -0.106. The third-order valence-electron chi connectivity index (χ3n) is 4.62. The fraction of sp³-hybridized carbons (Fsp3) is 0.500. The number of fused-ring (bicyclic) bond motifs is 1. The summed E-state index contributed by atoms with van der Waals surface area (Å²) >= 11 is 3.34. The average molecular weight is 409 g/mol. The summed E-state index contributed by atoms with van der Waals surface area (Å²) in [6.45, 7) is 1.24. The summed E-state index contributed by atoms with van der Waals surface area (Å²) in [6.07, 6.45) is 2.42. The molecule has 2 fully saturated rings. The van der Waals surface area contributed by atoms with Crippen molar-refractivity contribution in [2.75, 3.05) is 19.7 Å². The SMILES string of the molecule is O=C(NCCCCC(=O)N1CCC2OCC(=O)C21)c1cccc(Br)c1. The van der Waals surface area contributed by atoms with E-state index < -0.39 is 0 Å². The molecule has 1 aromatic rings. The molecule has 0 saturated carbocycles. The van der Waals surface area contributed by atoms with Gasteiger partial charge in [-0.25, -0.2) is 0 Å². The maximum Gasteiger partial charge on any atom is 0.251 e. The third kappa shape index (κ3) is 4.27. The number of Topliss-reactive ketones (excluding diaryl/α,β-unsaturated/α-hetero) is 1. The molecule has 0 bridgehead atoms. The minimum Gasteiger partial charge on any atom is -0.368 e. The van der Waals surface area contributed by atoms with E-state index in [0.717, 1.165) is 17.3 Å². The number of benzene rings is 1. The number of carbonyl (C=O) groups excluding carboxylic acids is 3. The van der Waals surface area contributed by atoms with Gasteiger partial charge in [-0.05, 0) is 37.5 Å². The molecule has 2 aliphatic heterocycles. The van der Waals surface area contributed by atoms with Crippen molar-refractivity contribution in [1.82, 2.24) is 10.2 Å². The van der Waals surface area contributed by atoms with Crippen molar-refractivity contribution in [2.45, 2.75) is 37.8 Å². The molecule has 2 atom stereocenters. The Morgan fingerprint density at radius 3 is 2.96 bits per heavy atom. The lowest BCUT2D eigenvalue weighted by atomic mass is 10.1. The van der Waals surface area contributed by atoms with E-state index in [4.69, 9.17) is 4.74 Å². The number of hydrogen-bond donors (Lipinski definition) is 1. The fourth-order valence-electron chi connectivity index (χ4n) is 3.35. The van der Waals surface area contributed by atoms with Crippen molar-refractivity contribution in [3.8, 4) is 0 Å². The van der Waals surface area contributed by atoms with Gasteiger partial charge in [0.05, 0.1) is 6.10 Å². The number of likely N-dealkylation sites (tertiary alicyclic amines) is 1. The molecule has 0 aliphatic carbocycles. The number of rotatable bonds is 6. The van der Waals surface area contributed by atoms with Crippen LogP contribution in [-0.4, -0.2) is 54.3 Å². The highest BCUT2D eigenvalue weighted by Crippen LogP contribution is 2.27. The Morgan fingerprint density at radius 2 is 2.16 bits per heavy atom. The average Bonchev–Trinajstić information content (AvgIpc) is 3.17. The Morgan fingerprint density at radius 1 is 1.32 bits per heavy atom. The van der Waals surface area contributed by atoms with E-state index in [1.807, 2.05) is 12.1 Å². The van der Waals surface area contributed by atoms with E-state index in [1.54, 1.807) is 17.0 Å². The minimum absolute atomic E-state index is 0.00432. The van der Waals surface area contributed by atoms with E-state index in [-0.39, 0.29) is 36.4 Å². The van der Waals surface area contributed by atoms with Crippen LogP contribution in [-0.2, 0) is 14.3 Å². The Hall–Kier alpha value is -1.73. The Bertz CT molecular complexity index is 679. The van der Waals surface area contributed by atoms with Crippen molar-refractivity contribution in [3.05, 3.63) is 34.3 Å². The van der Waals surface area contributed by atoms with E-state index in [1.165, 1.54) is 0 Å². The molecule has 25 heavy (non-hydrogen) atoms. The maximum absolute atomic E-state index is 12.3. The molecular formula is C18H21BrN2O4. The van der Waals surface area contributed by atoms with Crippen molar-refractivity contribution >= 4 is 33.5 Å². The first-order valence-corrected chi connectivity index (χ1v) is 9.33. The van der Waals surface area contributed by atoms with Gasteiger partial charge < -0.3 is 15.0 Å². The first kappa shape index (κ1) is 18.1. The molecule has 0 aromatic heterocycles. The molecule has 3 rings (SSSR count). The molecular weight excluding hydrogens is 388 g/mol. The molecule has 2 amide bonds. The highest BCUT2D eigenvalue weighted by atomic mass is 79.9. The van der Waals surface area contributed by atoms with Crippen LogP contribution >= 0.6 is 15.9 Å². The minimum atomic E-state index is -0.372. The molecule has 1 aromatic carbocycles.